The summed E-state index contributed by atoms with van der Waals surface area (Å²) in [5.41, 5.74) is 7.64. The maximum Gasteiger partial charge on any atom is 0.271 e. The van der Waals surface area contributed by atoms with Crippen LogP contribution in [0.3, 0.4) is 0 Å². The minimum absolute atomic E-state index is 0.115. The zero-order valence-electron chi connectivity index (χ0n) is 11.3. The molecule has 1 aliphatic heterocycles. The maximum absolute atomic E-state index is 12.2. The third-order valence-corrected chi connectivity index (χ3v) is 5.91. The van der Waals surface area contributed by atoms with Gasteiger partial charge in [-0.2, -0.15) is 28.6 Å². The molecular weight excluding hydrogens is 280 g/mol. The van der Waals surface area contributed by atoms with Gasteiger partial charge in [0, 0.05) is 35.6 Å². The normalized spacial score (nSPS) is 19.4. The summed E-state index contributed by atoms with van der Waals surface area (Å²) in [5, 5.41) is 7.75. The standard InChI is InChI=1S/C12H20N4OS2/c1-3-16-11(10(13)8(2)15-16)12(17)14-6-9-7-18-4-5-19-9/h9H,3-7,13H2,1-2H3,(H,14,17). The highest BCUT2D eigenvalue weighted by Gasteiger charge is 2.21. The van der Waals surface area contributed by atoms with E-state index < -0.39 is 0 Å². The van der Waals surface area contributed by atoms with E-state index in [0.717, 1.165) is 11.4 Å². The van der Waals surface area contributed by atoms with Gasteiger partial charge in [-0.1, -0.05) is 0 Å². The van der Waals surface area contributed by atoms with Gasteiger partial charge in [-0.25, -0.2) is 0 Å². The molecule has 1 aromatic rings. The molecular formula is C12H20N4OS2. The summed E-state index contributed by atoms with van der Waals surface area (Å²) >= 11 is 3.88. The third-order valence-electron chi connectivity index (χ3n) is 3.06. The van der Waals surface area contributed by atoms with Crippen LogP contribution in [0.25, 0.3) is 0 Å². The topological polar surface area (TPSA) is 72.9 Å². The number of nitrogens with one attached hydrogen (secondary N) is 1. The largest absolute Gasteiger partial charge is 0.395 e. The Morgan fingerprint density at radius 1 is 1.58 bits per heavy atom. The van der Waals surface area contributed by atoms with Crippen LogP contribution in [0.1, 0.15) is 23.1 Å². The summed E-state index contributed by atoms with van der Waals surface area (Å²) in [6, 6.07) is 0. The first-order valence-electron chi connectivity index (χ1n) is 6.44. The van der Waals surface area contributed by atoms with Gasteiger partial charge in [-0.3, -0.25) is 9.48 Å². The highest BCUT2D eigenvalue weighted by atomic mass is 32.2. The molecule has 1 unspecified atom stereocenters. The molecule has 5 nitrogen and oxygen atoms in total. The molecule has 1 atom stereocenters. The molecule has 1 aliphatic rings. The van der Waals surface area contributed by atoms with Crippen LogP contribution in [0.15, 0.2) is 0 Å². The number of carbonyl (C=O) groups excluding carboxylic acids is 1. The first-order valence-corrected chi connectivity index (χ1v) is 8.64. The lowest BCUT2D eigenvalue weighted by Gasteiger charge is -2.21. The molecule has 0 saturated carbocycles. The molecule has 3 N–H and O–H groups in total. The van der Waals surface area contributed by atoms with Crippen LogP contribution in [0, 0.1) is 6.92 Å². The summed E-state index contributed by atoms with van der Waals surface area (Å²) in [5.74, 6) is 3.37. The van der Waals surface area contributed by atoms with E-state index in [2.05, 4.69) is 10.4 Å². The number of nitrogens with two attached hydrogens (primary N) is 1. The van der Waals surface area contributed by atoms with Crippen LogP contribution in [0.5, 0.6) is 0 Å². The number of aryl methyl sites for hydroxylation is 2. The number of nitrogen functional groups attached to an aromatic ring is 1. The van der Waals surface area contributed by atoms with E-state index in [1.807, 2.05) is 37.4 Å². The fraction of sp³-hybridized carbons (Fsp3) is 0.667. The summed E-state index contributed by atoms with van der Waals surface area (Å²) in [7, 11) is 0. The summed E-state index contributed by atoms with van der Waals surface area (Å²) < 4.78 is 1.67. The molecule has 1 aromatic heterocycles. The van der Waals surface area contributed by atoms with Gasteiger partial charge >= 0.3 is 0 Å². The Balaban J connectivity index is 1.99. The fourth-order valence-corrected chi connectivity index (χ4v) is 4.62. The smallest absolute Gasteiger partial charge is 0.271 e. The Labute approximate surface area is 122 Å². The van der Waals surface area contributed by atoms with E-state index in [4.69, 9.17) is 5.73 Å². The van der Waals surface area contributed by atoms with Gasteiger partial charge in [0.1, 0.15) is 5.69 Å². The molecule has 2 heterocycles. The average molecular weight is 300 g/mol. The number of anilines is 1. The molecule has 0 aliphatic carbocycles. The number of rotatable bonds is 4. The summed E-state index contributed by atoms with van der Waals surface area (Å²) in [6.45, 7) is 5.13. The number of nitrogens with zero attached hydrogens (tertiary/aromatic N) is 2. The number of aromatic nitrogens is 2. The predicted octanol–water partition coefficient (Wildman–Crippen LogP) is 1.37. The lowest BCUT2D eigenvalue weighted by molar-refractivity contribution is 0.0944. The van der Waals surface area contributed by atoms with Crippen LogP contribution in [-0.2, 0) is 6.54 Å². The minimum atomic E-state index is -0.115. The Hall–Kier alpha value is -0.820. The van der Waals surface area contributed by atoms with Crippen molar-refractivity contribution in [3.8, 4) is 0 Å². The molecule has 0 aromatic carbocycles. The first-order chi connectivity index (χ1) is 9.13. The second kappa shape index (κ2) is 6.56. The predicted molar refractivity (Wildman–Crippen MR) is 83.0 cm³/mol. The summed E-state index contributed by atoms with van der Waals surface area (Å²) in [4.78, 5) is 12.2. The second-order valence-electron chi connectivity index (χ2n) is 4.44. The third kappa shape index (κ3) is 3.39. The maximum atomic E-state index is 12.2. The van der Waals surface area contributed by atoms with E-state index in [9.17, 15) is 4.79 Å². The Bertz CT molecular complexity index is 455. The highest BCUT2D eigenvalue weighted by Crippen LogP contribution is 2.23. The Morgan fingerprint density at radius 3 is 3.00 bits per heavy atom. The summed E-state index contributed by atoms with van der Waals surface area (Å²) in [6.07, 6.45) is 0. The SMILES string of the molecule is CCn1nc(C)c(N)c1C(=O)NCC1CSCCS1. The Kier molecular flexibility index (Phi) is 5.04. The van der Waals surface area contributed by atoms with Gasteiger partial charge in [0.2, 0.25) is 0 Å². The van der Waals surface area contributed by atoms with Crippen LogP contribution in [0.4, 0.5) is 5.69 Å². The molecule has 7 heteroatoms. The molecule has 1 saturated heterocycles. The average Bonchev–Trinajstić information content (AvgIpc) is 2.73. The molecule has 19 heavy (non-hydrogen) atoms. The van der Waals surface area contributed by atoms with Crippen molar-refractivity contribution < 1.29 is 4.79 Å². The van der Waals surface area contributed by atoms with Crippen molar-refractivity contribution >= 4 is 35.1 Å². The molecule has 1 amide bonds. The van der Waals surface area contributed by atoms with E-state index in [0.29, 0.717) is 29.7 Å². The van der Waals surface area contributed by atoms with Crippen LogP contribution < -0.4 is 11.1 Å². The highest BCUT2D eigenvalue weighted by molar-refractivity contribution is 8.06. The zero-order chi connectivity index (χ0) is 13.8. The Morgan fingerprint density at radius 2 is 2.37 bits per heavy atom. The zero-order valence-corrected chi connectivity index (χ0v) is 12.9. The van der Waals surface area contributed by atoms with Gasteiger partial charge in [-0.15, -0.1) is 0 Å². The van der Waals surface area contributed by atoms with Crippen molar-refractivity contribution in [3.63, 3.8) is 0 Å². The molecule has 0 radical (unpaired) electrons. The van der Waals surface area contributed by atoms with Crippen LogP contribution >= 0.6 is 23.5 Å². The number of thioether (sulfide) groups is 2. The molecule has 106 valence electrons. The minimum Gasteiger partial charge on any atom is -0.395 e. The van der Waals surface area contributed by atoms with E-state index in [1.54, 1.807) is 4.68 Å². The van der Waals surface area contributed by atoms with Crippen molar-refractivity contribution in [3.05, 3.63) is 11.4 Å². The molecule has 2 rings (SSSR count). The van der Waals surface area contributed by atoms with Crippen molar-refractivity contribution in [2.75, 3.05) is 29.5 Å². The van der Waals surface area contributed by atoms with E-state index in [1.165, 1.54) is 11.5 Å². The number of hydrogen-bond acceptors (Lipinski definition) is 5. The monoisotopic (exact) mass is 300 g/mol. The molecule has 0 bridgehead atoms. The number of carbonyl (C=O) groups is 1. The van der Waals surface area contributed by atoms with E-state index in [-0.39, 0.29) is 5.91 Å². The van der Waals surface area contributed by atoms with Crippen molar-refractivity contribution in [1.82, 2.24) is 15.1 Å². The fourth-order valence-electron chi connectivity index (χ4n) is 2.01. The van der Waals surface area contributed by atoms with Crippen molar-refractivity contribution in [2.45, 2.75) is 25.6 Å². The number of amides is 1. The van der Waals surface area contributed by atoms with Gasteiger partial charge in [0.05, 0.1) is 11.4 Å². The van der Waals surface area contributed by atoms with Crippen molar-refractivity contribution in [2.24, 2.45) is 0 Å². The second-order valence-corrected chi connectivity index (χ2v) is 7.00. The van der Waals surface area contributed by atoms with Gasteiger partial charge in [0.15, 0.2) is 0 Å². The van der Waals surface area contributed by atoms with Crippen molar-refractivity contribution in [1.29, 1.82) is 0 Å². The van der Waals surface area contributed by atoms with Crippen LogP contribution in [-0.4, -0.2) is 44.7 Å². The van der Waals surface area contributed by atoms with Gasteiger partial charge in [-0.05, 0) is 13.8 Å². The number of hydrogen-bond donors (Lipinski definition) is 2. The quantitative estimate of drug-likeness (QED) is 0.878. The first kappa shape index (κ1) is 14.6. The lowest BCUT2D eigenvalue weighted by atomic mass is 10.3. The van der Waals surface area contributed by atoms with Gasteiger partial charge in [0.25, 0.3) is 5.91 Å². The van der Waals surface area contributed by atoms with Gasteiger partial charge < -0.3 is 11.1 Å². The lowest BCUT2D eigenvalue weighted by Crippen LogP contribution is -2.34. The molecule has 0 spiro atoms. The van der Waals surface area contributed by atoms with Crippen LogP contribution in [0.2, 0.25) is 0 Å². The molecule has 1 fully saturated rings. The van der Waals surface area contributed by atoms with E-state index >= 15 is 0 Å².